The van der Waals surface area contributed by atoms with Crippen LogP contribution in [0.4, 0.5) is 5.69 Å². The van der Waals surface area contributed by atoms with Crippen molar-refractivity contribution in [1.82, 2.24) is 20.0 Å². The maximum absolute atomic E-state index is 12.2. The fraction of sp³-hybridized carbons (Fsp3) is 0.692. The zero-order valence-corrected chi connectivity index (χ0v) is 13.0. The molecule has 2 heterocycles. The molecule has 1 aromatic rings. The van der Waals surface area contributed by atoms with Gasteiger partial charge in [0.1, 0.15) is 5.02 Å². The molecule has 0 bridgehead atoms. The molecule has 112 valence electrons. The van der Waals surface area contributed by atoms with Gasteiger partial charge in [-0.25, -0.2) is 4.68 Å². The Morgan fingerprint density at radius 2 is 2.30 bits per heavy atom. The van der Waals surface area contributed by atoms with Crippen LogP contribution in [0.3, 0.4) is 0 Å². The topological polar surface area (TPSA) is 53.4 Å². The summed E-state index contributed by atoms with van der Waals surface area (Å²) in [4.78, 5) is 16.3. The highest BCUT2D eigenvalue weighted by atomic mass is 35.5. The van der Waals surface area contributed by atoms with E-state index in [1.807, 2.05) is 26.0 Å². The second-order valence-corrected chi connectivity index (χ2v) is 5.77. The molecule has 0 spiro atoms. The Morgan fingerprint density at radius 3 is 2.90 bits per heavy atom. The van der Waals surface area contributed by atoms with Crippen LogP contribution in [0.5, 0.6) is 0 Å². The first-order valence-electron chi connectivity index (χ1n) is 6.85. The summed E-state index contributed by atoms with van der Waals surface area (Å²) in [6.45, 7) is 3.06. The highest BCUT2D eigenvalue weighted by Gasteiger charge is 2.24. The molecule has 1 N–H and O–H groups in total. The standard InChI is InChI=1S/C13H22ClN5O/c1-15-10-4-5-18(9-10)11-8-16-19(7-6-17(2)3)13(20)12(11)14/h8,10,15H,4-7,9H2,1-3H3. The first-order valence-corrected chi connectivity index (χ1v) is 7.23. The Balaban J connectivity index is 2.17. The highest BCUT2D eigenvalue weighted by Crippen LogP contribution is 2.24. The third kappa shape index (κ3) is 3.31. The van der Waals surface area contributed by atoms with Crippen molar-refractivity contribution in [3.8, 4) is 0 Å². The Hall–Kier alpha value is -1.11. The third-order valence-corrected chi connectivity index (χ3v) is 4.02. The number of halogens is 1. The number of hydrogen-bond donors (Lipinski definition) is 1. The predicted molar refractivity (Wildman–Crippen MR) is 81.7 cm³/mol. The maximum Gasteiger partial charge on any atom is 0.287 e. The predicted octanol–water partition coefficient (Wildman–Crippen LogP) is 0.256. The van der Waals surface area contributed by atoms with Crippen LogP contribution in [-0.2, 0) is 6.54 Å². The van der Waals surface area contributed by atoms with Crippen molar-refractivity contribution < 1.29 is 0 Å². The molecule has 7 heteroatoms. The molecule has 1 saturated heterocycles. The van der Waals surface area contributed by atoms with Crippen molar-refractivity contribution in [1.29, 1.82) is 0 Å². The van der Waals surface area contributed by atoms with Crippen LogP contribution in [0.1, 0.15) is 6.42 Å². The molecular formula is C13H22ClN5O. The van der Waals surface area contributed by atoms with Crippen molar-refractivity contribution in [2.45, 2.75) is 19.0 Å². The molecule has 1 aromatic heterocycles. The summed E-state index contributed by atoms with van der Waals surface area (Å²) in [7, 11) is 5.87. The van der Waals surface area contributed by atoms with Gasteiger partial charge in [-0.15, -0.1) is 0 Å². The minimum atomic E-state index is -0.209. The highest BCUT2D eigenvalue weighted by molar-refractivity contribution is 6.33. The zero-order valence-electron chi connectivity index (χ0n) is 12.3. The molecule has 2 rings (SSSR count). The van der Waals surface area contributed by atoms with Gasteiger partial charge >= 0.3 is 0 Å². The van der Waals surface area contributed by atoms with Gasteiger partial charge in [0.15, 0.2) is 0 Å². The molecule has 1 atom stereocenters. The van der Waals surface area contributed by atoms with Crippen molar-refractivity contribution in [3.05, 3.63) is 21.6 Å². The van der Waals surface area contributed by atoms with Gasteiger partial charge in [-0.1, -0.05) is 11.6 Å². The van der Waals surface area contributed by atoms with E-state index in [-0.39, 0.29) is 10.6 Å². The summed E-state index contributed by atoms with van der Waals surface area (Å²) in [6.07, 6.45) is 2.76. The van der Waals surface area contributed by atoms with Crippen LogP contribution in [0, 0.1) is 0 Å². The SMILES string of the molecule is CNC1CCN(c2cnn(CCN(C)C)c(=O)c2Cl)C1. The monoisotopic (exact) mass is 299 g/mol. The first kappa shape index (κ1) is 15.3. The summed E-state index contributed by atoms with van der Waals surface area (Å²) in [5, 5.41) is 7.76. The number of aromatic nitrogens is 2. The van der Waals surface area contributed by atoms with Gasteiger partial charge in [0.25, 0.3) is 5.56 Å². The minimum Gasteiger partial charge on any atom is -0.367 e. The van der Waals surface area contributed by atoms with E-state index >= 15 is 0 Å². The molecule has 0 aromatic carbocycles. The lowest BCUT2D eigenvalue weighted by molar-refractivity contribution is 0.367. The van der Waals surface area contributed by atoms with Crippen LogP contribution in [0.2, 0.25) is 5.02 Å². The molecule has 1 aliphatic heterocycles. The van der Waals surface area contributed by atoms with Gasteiger partial charge in [-0.2, -0.15) is 5.10 Å². The lowest BCUT2D eigenvalue weighted by Crippen LogP contribution is -2.33. The second kappa shape index (κ2) is 6.56. The van der Waals surface area contributed by atoms with Crippen molar-refractivity contribution >= 4 is 17.3 Å². The molecule has 1 fully saturated rings. The van der Waals surface area contributed by atoms with Crippen LogP contribution in [0.25, 0.3) is 0 Å². The normalized spacial score (nSPS) is 19.1. The van der Waals surface area contributed by atoms with Gasteiger partial charge in [0.05, 0.1) is 18.4 Å². The first-order chi connectivity index (χ1) is 9.52. The van der Waals surface area contributed by atoms with Crippen LogP contribution in [0.15, 0.2) is 11.0 Å². The summed E-state index contributed by atoms with van der Waals surface area (Å²) < 4.78 is 1.43. The third-order valence-electron chi connectivity index (χ3n) is 3.66. The Bertz CT molecular complexity index is 516. The van der Waals surface area contributed by atoms with E-state index in [4.69, 9.17) is 11.6 Å². The minimum absolute atomic E-state index is 0.209. The van der Waals surface area contributed by atoms with Crippen molar-refractivity contribution in [3.63, 3.8) is 0 Å². The summed E-state index contributed by atoms with van der Waals surface area (Å²) in [5.74, 6) is 0. The smallest absolute Gasteiger partial charge is 0.287 e. The van der Waals surface area contributed by atoms with Gasteiger partial charge in [-0.05, 0) is 27.6 Å². The van der Waals surface area contributed by atoms with E-state index in [0.717, 1.165) is 31.7 Å². The maximum atomic E-state index is 12.2. The fourth-order valence-electron chi connectivity index (χ4n) is 2.35. The number of anilines is 1. The Morgan fingerprint density at radius 1 is 1.55 bits per heavy atom. The van der Waals surface area contributed by atoms with E-state index in [9.17, 15) is 4.79 Å². The van der Waals surface area contributed by atoms with Crippen molar-refractivity contribution in [2.75, 3.05) is 45.7 Å². The Labute approximate surface area is 124 Å². The molecule has 0 saturated carbocycles. The number of nitrogens with one attached hydrogen (secondary N) is 1. The molecule has 6 nitrogen and oxygen atoms in total. The molecule has 20 heavy (non-hydrogen) atoms. The Kier molecular flexibility index (Phi) is 5.01. The van der Waals surface area contributed by atoms with E-state index in [1.54, 1.807) is 6.20 Å². The number of hydrogen-bond acceptors (Lipinski definition) is 5. The van der Waals surface area contributed by atoms with Crippen molar-refractivity contribution in [2.24, 2.45) is 0 Å². The lowest BCUT2D eigenvalue weighted by Gasteiger charge is -2.20. The van der Waals surface area contributed by atoms with Crippen LogP contribution < -0.4 is 15.8 Å². The van der Waals surface area contributed by atoms with Gasteiger partial charge < -0.3 is 15.1 Å². The fourth-order valence-corrected chi connectivity index (χ4v) is 2.61. The largest absolute Gasteiger partial charge is 0.367 e. The summed E-state index contributed by atoms with van der Waals surface area (Å²) in [6, 6.07) is 0.447. The van der Waals surface area contributed by atoms with Gasteiger partial charge in [0.2, 0.25) is 0 Å². The van der Waals surface area contributed by atoms with Crippen LogP contribution >= 0.6 is 11.6 Å². The average molecular weight is 300 g/mol. The summed E-state index contributed by atoms with van der Waals surface area (Å²) in [5.41, 5.74) is 0.537. The molecule has 1 aliphatic rings. The molecule has 0 amide bonds. The van der Waals surface area contributed by atoms with Gasteiger partial charge in [-0.3, -0.25) is 4.79 Å². The number of nitrogens with zero attached hydrogens (tertiary/aromatic N) is 4. The average Bonchev–Trinajstić information content (AvgIpc) is 2.89. The lowest BCUT2D eigenvalue weighted by atomic mass is 10.3. The van der Waals surface area contributed by atoms with Crippen LogP contribution in [-0.4, -0.2) is 61.5 Å². The molecule has 1 unspecified atom stereocenters. The van der Waals surface area contributed by atoms with Gasteiger partial charge in [0, 0.05) is 25.7 Å². The number of rotatable bonds is 5. The van der Waals surface area contributed by atoms with E-state index in [2.05, 4.69) is 15.3 Å². The molecule has 0 aliphatic carbocycles. The molecule has 0 radical (unpaired) electrons. The zero-order chi connectivity index (χ0) is 14.7. The molecular weight excluding hydrogens is 278 g/mol. The van der Waals surface area contributed by atoms with E-state index in [1.165, 1.54) is 4.68 Å². The second-order valence-electron chi connectivity index (χ2n) is 5.40. The quantitative estimate of drug-likeness (QED) is 0.845. The number of likely N-dealkylation sites (N-methyl/N-ethyl adjacent to an activating group) is 2. The van der Waals surface area contributed by atoms with E-state index < -0.39 is 0 Å². The summed E-state index contributed by atoms with van der Waals surface area (Å²) >= 11 is 6.24. The van der Waals surface area contributed by atoms with E-state index in [0.29, 0.717) is 12.6 Å².